The first kappa shape index (κ1) is 13.2. The standard InChI is InChI=1S/C12H23N3OS/c1-4-12(2)9-17-11(14-12)13-7-10-8-15(3)5-6-16-10/h10H,4-9H2,1-3H3,(H,13,14). The van der Waals surface area contributed by atoms with Gasteiger partial charge in [0.25, 0.3) is 0 Å². The molecule has 2 heterocycles. The highest BCUT2D eigenvalue weighted by Gasteiger charge is 2.30. The van der Waals surface area contributed by atoms with Gasteiger partial charge < -0.3 is 15.0 Å². The van der Waals surface area contributed by atoms with Crippen LogP contribution in [0.25, 0.3) is 0 Å². The average Bonchev–Trinajstić information content (AvgIpc) is 2.70. The summed E-state index contributed by atoms with van der Waals surface area (Å²) in [5.74, 6) is 1.12. The van der Waals surface area contributed by atoms with E-state index in [2.05, 4.69) is 36.1 Å². The Balaban J connectivity index is 1.81. The maximum Gasteiger partial charge on any atom is 0.157 e. The number of amidine groups is 1. The molecule has 4 nitrogen and oxygen atoms in total. The van der Waals surface area contributed by atoms with E-state index in [1.165, 1.54) is 0 Å². The van der Waals surface area contributed by atoms with Gasteiger partial charge in [0.2, 0.25) is 0 Å². The fourth-order valence-electron chi connectivity index (χ4n) is 2.00. The summed E-state index contributed by atoms with van der Waals surface area (Å²) in [6.07, 6.45) is 1.40. The van der Waals surface area contributed by atoms with Gasteiger partial charge in [0.05, 0.1) is 19.3 Å². The summed E-state index contributed by atoms with van der Waals surface area (Å²) in [7, 11) is 2.14. The Morgan fingerprint density at radius 2 is 2.47 bits per heavy atom. The molecule has 0 spiro atoms. The lowest BCUT2D eigenvalue weighted by Gasteiger charge is -2.29. The zero-order valence-electron chi connectivity index (χ0n) is 11.0. The van der Waals surface area contributed by atoms with Crippen LogP contribution in [-0.2, 0) is 4.74 Å². The van der Waals surface area contributed by atoms with Crippen LogP contribution in [0.3, 0.4) is 0 Å². The van der Waals surface area contributed by atoms with Crippen LogP contribution in [0.1, 0.15) is 20.3 Å². The second-order valence-electron chi connectivity index (χ2n) is 5.23. The normalized spacial score (nSPS) is 37.4. The molecule has 0 aliphatic carbocycles. The summed E-state index contributed by atoms with van der Waals surface area (Å²) in [6.45, 7) is 8.11. The highest BCUT2D eigenvalue weighted by atomic mass is 32.2. The Morgan fingerprint density at radius 1 is 1.65 bits per heavy atom. The number of nitrogens with zero attached hydrogens (tertiary/aromatic N) is 2. The van der Waals surface area contributed by atoms with Crippen LogP contribution in [0.15, 0.2) is 4.99 Å². The molecule has 2 unspecified atom stereocenters. The van der Waals surface area contributed by atoms with Crippen LogP contribution in [0.4, 0.5) is 0 Å². The van der Waals surface area contributed by atoms with E-state index in [4.69, 9.17) is 4.74 Å². The van der Waals surface area contributed by atoms with Gasteiger partial charge in [0, 0.05) is 24.4 Å². The van der Waals surface area contributed by atoms with Crippen molar-refractivity contribution < 1.29 is 4.74 Å². The molecule has 2 saturated heterocycles. The summed E-state index contributed by atoms with van der Waals surface area (Å²) in [5.41, 5.74) is 0.230. The van der Waals surface area contributed by atoms with Crippen LogP contribution in [0.5, 0.6) is 0 Å². The van der Waals surface area contributed by atoms with E-state index >= 15 is 0 Å². The molecule has 2 aliphatic heterocycles. The summed E-state index contributed by atoms with van der Waals surface area (Å²) >= 11 is 1.83. The van der Waals surface area contributed by atoms with Crippen molar-refractivity contribution in [1.82, 2.24) is 10.2 Å². The number of thioether (sulfide) groups is 1. The monoisotopic (exact) mass is 257 g/mol. The molecule has 0 aromatic carbocycles. The Morgan fingerprint density at radius 3 is 3.12 bits per heavy atom. The largest absolute Gasteiger partial charge is 0.374 e. The number of likely N-dealkylation sites (N-methyl/N-ethyl adjacent to an activating group) is 1. The van der Waals surface area contributed by atoms with Gasteiger partial charge >= 0.3 is 0 Å². The van der Waals surface area contributed by atoms with Crippen LogP contribution >= 0.6 is 11.8 Å². The highest BCUT2D eigenvalue weighted by molar-refractivity contribution is 8.14. The van der Waals surface area contributed by atoms with E-state index in [0.717, 1.165) is 43.6 Å². The topological polar surface area (TPSA) is 36.9 Å². The van der Waals surface area contributed by atoms with E-state index < -0.39 is 0 Å². The molecule has 1 N–H and O–H groups in total. The Kier molecular flexibility index (Phi) is 4.33. The summed E-state index contributed by atoms with van der Waals surface area (Å²) in [5, 5.41) is 4.60. The molecule has 2 rings (SSSR count). The number of hydrogen-bond acceptors (Lipinski definition) is 4. The molecule has 0 radical (unpaired) electrons. The van der Waals surface area contributed by atoms with Crippen LogP contribution in [0.2, 0.25) is 0 Å². The SMILES string of the molecule is CCC1(C)CSC(=NCC2CN(C)CCO2)N1. The van der Waals surface area contributed by atoms with Crippen LogP contribution < -0.4 is 5.32 Å². The van der Waals surface area contributed by atoms with Gasteiger partial charge in [-0.3, -0.25) is 4.99 Å². The number of nitrogens with one attached hydrogen (secondary N) is 1. The zero-order valence-corrected chi connectivity index (χ0v) is 11.8. The van der Waals surface area contributed by atoms with Crippen molar-refractivity contribution in [2.45, 2.75) is 31.9 Å². The first-order valence-electron chi connectivity index (χ1n) is 6.37. The molecule has 0 aromatic heterocycles. The summed E-state index contributed by atoms with van der Waals surface area (Å²) in [4.78, 5) is 6.95. The van der Waals surface area contributed by atoms with Crippen molar-refractivity contribution in [3.63, 3.8) is 0 Å². The summed E-state index contributed by atoms with van der Waals surface area (Å²) < 4.78 is 5.70. The predicted octanol–water partition coefficient (Wildman–Crippen LogP) is 1.18. The minimum absolute atomic E-state index is 0.230. The fraction of sp³-hybridized carbons (Fsp3) is 0.917. The molecule has 5 heteroatoms. The highest BCUT2D eigenvalue weighted by Crippen LogP contribution is 2.25. The van der Waals surface area contributed by atoms with Gasteiger partial charge in [0.15, 0.2) is 5.17 Å². The van der Waals surface area contributed by atoms with E-state index in [1.54, 1.807) is 0 Å². The third kappa shape index (κ3) is 3.60. The van der Waals surface area contributed by atoms with Gasteiger partial charge in [-0.25, -0.2) is 0 Å². The Bertz CT molecular complexity index is 297. The van der Waals surface area contributed by atoms with Gasteiger partial charge in [-0.1, -0.05) is 18.7 Å². The predicted molar refractivity (Wildman–Crippen MR) is 73.8 cm³/mol. The van der Waals surface area contributed by atoms with Gasteiger partial charge in [0.1, 0.15) is 0 Å². The minimum atomic E-state index is 0.230. The maximum absolute atomic E-state index is 5.70. The minimum Gasteiger partial charge on any atom is -0.374 e. The first-order valence-corrected chi connectivity index (χ1v) is 7.35. The quantitative estimate of drug-likeness (QED) is 0.824. The molecule has 0 bridgehead atoms. The van der Waals surface area contributed by atoms with Crippen molar-refractivity contribution in [2.75, 3.05) is 39.0 Å². The van der Waals surface area contributed by atoms with Gasteiger partial charge in [-0.15, -0.1) is 0 Å². The lowest BCUT2D eigenvalue weighted by molar-refractivity contribution is -0.0135. The van der Waals surface area contributed by atoms with E-state index in [1.807, 2.05) is 11.8 Å². The average molecular weight is 257 g/mol. The molecule has 2 aliphatic rings. The van der Waals surface area contributed by atoms with Gasteiger partial charge in [-0.2, -0.15) is 0 Å². The number of morpholine rings is 1. The fourth-order valence-corrected chi connectivity index (χ4v) is 3.21. The third-order valence-electron chi connectivity index (χ3n) is 3.50. The number of ether oxygens (including phenoxy) is 1. The molecule has 2 fully saturated rings. The maximum atomic E-state index is 5.70. The first-order chi connectivity index (χ1) is 8.11. The molecule has 0 amide bonds. The van der Waals surface area contributed by atoms with Crippen LogP contribution in [-0.4, -0.2) is 60.8 Å². The number of aliphatic imine (C=N–C) groups is 1. The Hall–Kier alpha value is -0.260. The molecule has 98 valence electrons. The lowest BCUT2D eigenvalue weighted by atomic mass is 10.0. The second-order valence-corrected chi connectivity index (χ2v) is 6.19. The van der Waals surface area contributed by atoms with Crippen molar-refractivity contribution in [1.29, 1.82) is 0 Å². The second kappa shape index (κ2) is 5.59. The lowest BCUT2D eigenvalue weighted by Crippen LogP contribution is -2.42. The molecule has 17 heavy (non-hydrogen) atoms. The molecular formula is C12H23N3OS. The number of rotatable bonds is 3. The molecular weight excluding hydrogens is 234 g/mol. The van der Waals surface area contributed by atoms with Crippen molar-refractivity contribution >= 4 is 16.9 Å². The van der Waals surface area contributed by atoms with Gasteiger partial charge in [-0.05, 0) is 20.4 Å². The Labute approximate surface area is 108 Å². The van der Waals surface area contributed by atoms with E-state index in [-0.39, 0.29) is 11.6 Å². The smallest absolute Gasteiger partial charge is 0.157 e. The van der Waals surface area contributed by atoms with E-state index in [9.17, 15) is 0 Å². The van der Waals surface area contributed by atoms with Crippen molar-refractivity contribution in [3.8, 4) is 0 Å². The summed E-state index contributed by atoms with van der Waals surface area (Å²) in [6, 6.07) is 0. The van der Waals surface area contributed by atoms with Crippen molar-refractivity contribution in [3.05, 3.63) is 0 Å². The van der Waals surface area contributed by atoms with Crippen LogP contribution in [0, 0.1) is 0 Å². The van der Waals surface area contributed by atoms with E-state index in [0.29, 0.717) is 0 Å². The number of hydrogen-bond donors (Lipinski definition) is 1. The molecule has 0 aromatic rings. The van der Waals surface area contributed by atoms with Crippen molar-refractivity contribution in [2.24, 2.45) is 4.99 Å². The third-order valence-corrected chi connectivity index (χ3v) is 4.78. The molecule has 2 atom stereocenters. The molecule has 0 saturated carbocycles. The zero-order chi connectivity index (χ0) is 12.3.